The van der Waals surface area contributed by atoms with E-state index in [2.05, 4.69) is 15.5 Å². The number of fused-ring (bicyclic) bond motifs is 2. The predicted molar refractivity (Wildman–Crippen MR) is 51.0 cm³/mol. The average molecular weight is 208 g/mol. The van der Waals surface area contributed by atoms with Crippen molar-refractivity contribution in [2.24, 2.45) is 14.1 Å². The van der Waals surface area contributed by atoms with Crippen LogP contribution < -0.4 is 4.57 Å². The molecule has 0 radical (unpaired) electrons. The first kappa shape index (κ1) is 8.76. The van der Waals surface area contributed by atoms with Crippen LogP contribution in [0.4, 0.5) is 4.79 Å². The van der Waals surface area contributed by atoms with Crippen LogP contribution in [0.25, 0.3) is 0 Å². The van der Waals surface area contributed by atoms with E-state index in [-0.39, 0.29) is 12.1 Å². The minimum Gasteiger partial charge on any atom is -0.447 e. The van der Waals surface area contributed by atoms with Crippen molar-refractivity contribution in [1.82, 2.24) is 9.47 Å². The molecule has 3 rings (SSSR count). The van der Waals surface area contributed by atoms with Gasteiger partial charge in [0.25, 0.3) is 0 Å². The molecule has 5 heteroatoms. The molecule has 0 bridgehead atoms. The minimum absolute atomic E-state index is 0.172. The van der Waals surface area contributed by atoms with Crippen molar-refractivity contribution >= 4 is 6.09 Å². The maximum atomic E-state index is 11.4. The summed E-state index contributed by atoms with van der Waals surface area (Å²) in [5.74, 6) is 0. The average Bonchev–Trinajstić information content (AvgIpc) is 2.70. The smallest absolute Gasteiger partial charge is 0.410 e. The zero-order chi connectivity index (χ0) is 10.6. The SMILES string of the molecule is Cn1c[n+](C)c2c1CN1C(=O)OC[C@@H]1C2. The zero-order valence-electron chi connectivity index (χ0n) is 8.93. The molecule has 0 N–H and O–H groups in total. The molecule has 0 aromatic carbocycles. The van der Waals surface area contributed by atoms with E-state index in [1.807, 2.05) is 19.0 Å². The van der Waals surface area contributed by atoms with E-state index in [0.29, 0.717) is 13.2 Å². The summed E-state index contributed by atoms with van der Waals surface area (Å²) in [4.78, 5) is 13.2. The van der Waals surface area contributed by atoms with E-state index in [1.54, 1.807) is 0 Å². The summed E-state index contributed by atoms with van der Waals surface area (Å²) in [6.07, 6.45) is 2.78. The number of nitrogens with zero attached hydrogens (tertiary/aromatic N) is 3. The van der Waals surface area contributed by atoms with Gasteiger partial charge in [-0.25, -0.2) is 13.9 Å². The molecule has 0 aliphatic carbocycles. The Hall–Kier alpha value is -1.52. The maximum absolute atomic E-state index is 11.4. The van der Waals surface area contributed by atoms with Crippen molar-refractivity contribution in [2.75, 3.05) is 6.61 Å². The number of aryl methyl sites for hydroxylation is 2. The van der Waals surface area contributed by atoms with Crippen molar-refractivity contribution in [1.29, 1.82) is 0 Å². The largest absolute Gasteiger partial charge is 0.447 e. The lowest BCUT2D eigenvalue weighted by Crippen LogP contribution is -2.43. The monoisotopic (exact) mass is 208 g/mol. The second-order valence-electron chi connectivity index (χ2n) is 4.29. The summed E-state index contributed by atoms with van der Waals surface area (Å²) in [5, 5.41) is 0. The van der Waals surface area contributed by atoms with Crippen molar-refractivity contribution in [3.8, 4) is 0 Å². The molecule has 1 aromatic heterocycles. The van der Waals surface area contributed by atoms with Crippen LogP contribution in [0.3, 0.4) is 0 Å². The van der Waals surface area contributed by atoms with E-state index in [4.69, 9.17) is 4.74 Å². The number of hydrogen-bond donors (Lipinski definition) is 0. The van der Waals surface area contributed by atoms with Gasteiger partial charge in [-0.3, -0.25) is 4.90 Å². The summed E-state index contributed by atoms with van der Waals surface area (Å²) in [6, 6.07) is 0.235. The van der Waals surface area contributed by atoms with Crippen molar-refractivity contribution < 1.29 is 14.1 Å². The molecule has 2 aliphatic heterocycles. The standard InChI is InChI=1S/C10H14N3O2/c1-11-6-12(2)9-4-13-7(3-8(9)11)5-15-10(13)14/h6-7H,3-5H2,1-2H3/q+1/t7-/m0/s1. The van der Waals surface area contributed by atoms with Crippen LogP contribution in [0.5, 0.6) is 0 Å². The van der Waals surface area contributed by atoms with Crippen LogP contribution in [0, 0.1) is 0 Å². The third-order valence-electron chi connectivity index (χ3n) is 3.35. The molecule has 80 valence electrons. The Kier molecular flexibility index (Phi) is 1.60. The highest BCUT2D eigenvalue weighted by atomic mass is 16.6. The first-order valence-corrected chi connectivity index (χ1v) is 5.13. The summed E-state index contributed by atoms with van der Waals surface area (Å²) in [5.41, 5.74) is 2.53. The number of imidazole rings is 1. The van der Waals surface area contributed by atoms with Crippen LogP contribution in [0.2, 0.25) is 0 Å². The minimum atomic E-state index is -0.172. The highest BCUT2D eigenvalue weighted by Crippen LogP contribution is 2.25. The van der Waals surface area contributed by atoms with Gasteiger partial charge in [0, 0.05) is 6.42 Å². The Balaban J connectivity index is 2.04. The molecule has 5 nitrogen and oxygen atoms in total. The topological polar surface area (TPSA) is 38.3 Å². The number of aromatic nitrogens is 2. The summed E-state index contributed by atoms with van der Waals surface area (Å²) >= 11 is 0. The lowest BCUT2D eigenvalue weighted by atomic mass is 10.0. The van der Waals surface area contributed by atoms with E-state index < -0.39 is 0 Å². The fraction of sp³-hybridized carbons (Fsp3) is 0.600. The highest BCUT2D eigenvalue weighted by Gasteiger charge is 2.41. The van der Waals surface area contributed by atoms with Gasteiger partial charge in [-0.2, -0.15) is 0 Å². The van der Waals surface area contributed by atoms with Gasteiger partial charge in [-0.15, -0.1) is 0 Å². The van der Waals surface area contributed by atoms with E-state index >= 15 is 0 Å². The fourth-order valence-corrected chi connectivity index (χ4v) is 2.51. The Bertz CT molecular complexity index is 438. The quantitative estimate of drug-likeness (QED) is 0.550. The number of carbonyl (C=O) groups is 1. The molecular weight excluding hydrogens is 194 g/mol. The summed E-state index contributed by atoms with van der Waals surface area (Å²) in [6.45, 7) is 1.21. The second kappa shape index (κ2) is 2.74. The Morgan fingerprint density at radius 3 is 3.20 bits per heavy atom. The Morgan fingerprint density at radius 1 is 1.60 bits per heavy atom. The van der Waals surface area contributed by atoms with Crippen LogP contribution >= 0.6 is 0 Å². The Morgan fingerprint density at radius 2 is 2.40 bits per heavy atom. The maximum Gasteiger partial charge on any atom is 0.410 e. The molecule has 1 fully saturated rings. The summed E-state index contributed by atoms with van der Waals surface area (Å²) in [7, 11) is 4.06. The van der Waals surface area contributed by atoms with Gasteiger partial charge >= 0.3 is 6.09 Å². The number of ether oxygens (including phenoxy) is 1. The third kappa shape index (κ3) is 1.09. The first-order valence-electron chi connectivity index (χ1n) is 5.13. The number of hydrogen-bond acceptors (Lipinski definition) is 2. The zero-order valence-corrected chi connectivity index (χ0v) is 8.93. The normalized spacial score (nSPS) is 23.7. The molecule has 2 aliphatic rings. The van der Waals surface area contributed by atoms with E-state index in [1.165, 1.54) is 11.4 Å². The van der Waals surface area contributed by atoms with E-state index in [9.17, 15) is 4.79 Å². The van der Waals surface area contributed by atoms with Gasteiger partial charge < -0.3 is 4.74 Å². The second-order valence-corrected chi connectivity index (χ2v) is 4.29. The third-order valence-corrected chi connectivity index (χ3v) is 3.35. The molecule has 1 amide bonds. The molecule has 0 saturated carbocycles. The van der Waals surface area contributed by atoms with Gasteiger partial charge in [-0.1, -0.05) is 0 Å². The molecule has 15 heavy (non-hydrogen) atoms. The molecule has 1 atom stereocenters. The van der Waals surface area contributed by atoms with E-state index in [0.717, 1.165) is 6.42 Å². The Labute approximate surface area is 87.9 Å². The lowest BCUT2D eigenvalue weighted by molar-refractivity contribution is -0.679. The van der Waals surface area contributed by atoms with Crippen LogP contribution in [-0.4, -0.2) is 28.2 Å². The number of cyclic esters (lactones) is 1. The molecule has 1 saturated heterocycles. The number of rotatable bonds is 0. The highest BCUT2D eigenvalue weighted by molar-refractivity contribution is 5.70. The van der Waals surface area contributed by atoms with Gasteiger partial charge in [-0.05, 0) is 0 Å². The summed E-state index contributed by atoms with van der Waals surface area (Å²) < 4.78 is 9.26. The van der Waals surface area contributed by atoms with Gasteiger partial charge in [0.1, 0.15) is 12.3 Å². The molecule has 1 aromatic rings. The first-order chi connectivity index (χ1) is 7.16. The van der Waals surface area contributed by atoms with Gasteiger partial charge in [0.05, 0.1) is 26.7 Å². The van der Waals surface area contributed by atoms with Crippen molar-refractivity contribution in [3.05, 3.63) is 17.7 Å². The molecule has 3 heterocycles. The fourth-order valence-electron chi connectivity index (χ4n) is 2.51. The number of carbonyl (C=O) groups excluding carboxylic acids is 1. The molecular formula is C10H14N3O2+. The predicted octanol–water partition coefficient (Wildman–Crippen LogP) is -0.274. The molecule has 0 unspecified atom stereocenters. The van der Waals surface area contributed by atoms with Gasteiger partial charge in [0.15, 0.2) is 5.69 Å². The van der Waals surface area contributed by atoms with Crippen molar-refractivity contribution in [2.45, 2.75) is 19.0 Å². The van der Waals surface area contributed by atoms with Crippen LogP contribution in [0.15, 0.2) is 6.33 Å². The van der Waals surface area contributed by atoms with Crippen LogP contribution in [0.1, 0.15) is 11.4 Å². The number of amides is 1. The van der Waals surface area contributed by atoms with Gasteiger partial charge in [0.2, 0.25) is 6.33 Å². The lowest BCUT2D eigenvalue weighted by Gasteiger charge is -2.24. The molecule has 0 spiro atoms. The van der Waals surface area contributed by atoms with Crippen molar-refractivity contribution in [3.63, 3.8) is 0 Å². The van der Waals surface area contributed by atoms with Crippen LogP contribution in [-0.2, 0) is 31.8 Å².